The molecule has 1 fully saturated rings. The first-order valence-corrected chi connectivity index (χ1v) is 3.47. The van der Waals surface area contributed by atoms with E-state index >= 15 is 0 Å². The van der Waals surface area contributed by atoms with Crippen molar-refractivity contribution in [2.24, 2.45) is 0 Å². The highest BCUT2D eigenvalue weighted by atomic mass is 16.2. The molecule has 0 saturated carbocycles. The third kappa shape index (κ3) is 1.80. The Morgan fingerprint density at radius 1 is 1.73 bits per heavy atom. The molecule has 4 heteroatoms. The van der Waals surface area contributed by atoms with Gasteiger partial charge in [0.05, 0.1) is 0 Å². The molecule has 60 valence electrons. The summed E-state index contributed by atoms with van der Waals surface area (Å²) in [6.45, 7) is 3.89. The van der Waals surface area contributed by atoms with Crippen LogP contribution in [0.25, 0.3) is 0 Å². The highest BCUT2D eigenvalue weighted by molar-refractivity contribution is 5.89. The molecule has 4 nitrogen and oxygen atoms in total. The minimum atomic E-state index is -0.333. The van der Waals surface area contributed by atoms with E-state index in [9.17, 15) is 9.59 Å². The van der Waals surface area contributed by atoms with Crippen molar-refractivity contribution in [3.63, 3.8) is 0 Å². The maximum atomic E-state index is 10.9. The number of hydrazine groups is 1. The molecule has 0 atom stereocenters. The van der Waals surface area contributed by atoms with Crippen LogP contribution in [0.15, 0.2) is 12.7 Å². The number of hydrogen-bond donors (Lipinski definition) is 1. The van der Waals surface area contributed by atoms with Gasteiger partial charge in [0.2, 0.25) is 5.91 Å². The lowest BCUT2D eigenvalue weighted by Gasteiger charge is -2.14. The second-order valence-corrected chi connectivity index (χ2v) is 2.33. The molecule has 0 aromatic carbocycles. The number of carbonyl (C=O) groups excluding carboxylic acids is 2. The average Bonchev–Trinajstić information content (AvgIpc) is 2.37. The highest BCUT2D eigenvalue weighted by Crippen LogP contribution is 2.05. The van der Waals surface area contributed by atoms with Crippen molar-refractivity contribution < 1.29 is 9.59 Å². The van der Waals surface area contributed by atoms with Crippen LogP contribution in [0.1, 0.15) is 12.8 Å². The molecule has 0 unspecified atom stereocenters. The molecule has 1 heterocycles. The summed E-state index contributed by atoms with van der Waals surface area (Å²) in [5, 5.41) is 1.32. The number of rotatable bonds is 2. The third-order valence-electron chi connectivity index (χ3n) is 1.50. The number of carbonyl (C=O) groups is 2. The van der Waals surface area contributed by atoms with Gasteiger partial charge >= 0.3 is 0 Å². The van der Waals surface area contributed by atoms with Gasteiger partial charge in [-0.15, -0.1) is 0 Å². The third-order valence-corrected chi connectivity index (χ3v) is 1.50. The van der Waals surface area contributed by atoms with Crippen LogP contribution in [-0.4, -0.2) is 23.4 Å². The van der Waals surface area contributed by atoms with Crippen molar-refractivity contribution in [2.75, 3.05) is 6.54 Å². The normalized spacial score (nSPS) is 16.7. The van der Waals surface area contributed by atoms with Gasteiger partial charge < -0.3 is 0 Å². The van der Waals surface area contributed by atoms with E-state index in [0.29, 0.717) is 13.0 Å². The van der Waals surface area contributed by atoms with Gasteiger partial charge in [0, 0.05) is 13.0 Å². The Hall–Kier alpha value is -1.32. The predicted octanol–water partition coefficient (Wildman–Crippen LogP) is -0.174. The van der Waals surface area contributed by atoms with Gasteiger partial charge in [-0.25, -0.2) is 0 Å². The van der Waals surface area contributed by atoms with Crippen LogP contribution in [0.4, 0.5) is 0 Å². The fourth-order valence-electron chi connectivity index (χ4n) is 0.945. The van der Waals surface area contributed by atoms with Crippen LogP contribution in [0.5, 0.6) is 0 Å². The first kappa shape index (κ1) is 7.78. The molecule has 0 aromatic heterocycles. The highest BCUT2D eigenvalue weighted by Gasteiger charge is 2.20. The van der Waals surface area contributed by atoms with Gasteiger partial charge in [0.1, 0.15) is 0 Å². The van der Waals surface area contributed by atoms with Crippen LogP contribution < -0.4 is 5.43 Å². The molecular formula is C7H10N2O2. The van der Waals surface area contributed by atoms with Crippen LogP contribution in [-0.2, 0) is 9.59 Å². The minimum Gasteiger partial charge on any atom is -0.273 e. The first-order valence-electron chi connectivity index (χ1n) is 3.47. The second kappa shape index (κ2) is 3.18. The van der Waals surface area contributed by atoms with Crippen molar-refractivity contribution in [3.05, 3.63) is 12.7 Å². The zero-order valence-electron chi connectivity index (χ0n) is 6.17. The van der Waals surface area contributed by atoms with Gasteiger partial charge in [-0.3, -0.25) is 20.0 Å². The monoisotopic (exact) mass is 154 g/mol. The molecule has 1 saturated heterocycles. The van der Waals surface area contributed by atoms with E-state index in [1.165, 1.54) is 5.01 Å². The van der Waals surface area contributed by atoms with E-state index in [1.54, 1.807) is 0 Å². The fourth-order valence-corrected chi connectivity index (χ4v) is 0.945. The summed E-state index contributed by atoms with van der Waals surface area (Å²) < 4.78 is 0. The van der Waals surface area contributed by atoms with Crippen molar-refractivity contribution in [2.45, 2.75) is 12.8 Å². The van der Waals surface area contributed by atoms with E-state index in [4.69, 9.17) is 0 Å². The molecule has 2 amide bonds. The Kier molecular flexibility index (Phi) is 2.25. The smallest absolute Gasteiger partial charge is 0.261 e. The molecule has 0 bridgehead atoms. The molecular weight excluding hydrogens is 144 g/mol. The maximum absolute atomic E-state index is 10.9. The van der Waals surface area contributed by atoms with E-state index in [2.05, 4.69) is 12.0 Å². The van der Waals surface area contributed by atoms with Crippen molar-refractivity contribution in [1.29, 1.82) is 0 Å². The Labute approximate surface area is 64.8 Å². The van der Waals surface area contributed by atoms with Crippen LogP contribution >= 0.6 is 0 Å². The largest absolute Gasteiger partial charge is 0.273 e. The summed E-state index contributed by atoms with van der Waals surface area (Å²) in [5.41, 5.74) is 2.41. The van der Waals surface area contributed by atoms with Crippen LogP contribution in [0, 0.1) is 0 Å². The van der Waals surface area contributed by atoms with Gasteiger partial charge in [-0.1, -0.05) is 6.58 Å². The fraction of sp³-hybridized carbons (Fsp3) is 0.429. The van der Waals surface area contributed by atoms with Gasteiger partial charge in [-0.05, 0) is 12.5 Å². The van der Waals surface area contributed by atoms with Crippen molar-refractivity contribution in [3.8, 4) is 0 Å². The van der Waals surface area contributed by atoms with E-state index < -0.39 is 0 Å². The summed E-state index contributed by atoms with van der Waals surface area (Å²) in [6, 6.07) is 0. The Balaban J connectivity index is 2.42. The lowest BCUT2D eigenvalue weighted by molar-refractivity contribution is -0.136. The number of hydrogen-bond acceptors (Lipinski definition) is 2. The zero-order chi connectivity index (χ0) is 8.27. The van der Waals surface area contributed by atoms with Crippen molar-refractivity contribution in [1.82, 2.24) is 10.4 Å². The summed E-state index contributed by atoms with van der Waals surface area (Å²) in [4.78, 5) is 21.6. The van der Waals surface area contributed by atoms with Crippen molar-refractivity contribution >= 4 is 11.8 Å². The van der Waals surface area contributed by atoms with E-state index in [1.807, 2.05) is 0 Å². The summed E-state index contributed by atoms with van der Waals surface area (Å²) in [5.74, 6) is -0.361. The van der Waals surface area contributed by atoms with Crippen LogP contribution in [0.3, 0.4) is 0 Å². The number of nitrogens with one attached hydrogen (secondary N) is 1. The lowest BCUT2D eigenvalue weighted by Crippen LogP contribution is -2.41. The van der Waals surface area contributed by atoms with E-state index in [-0.39, 0.29) is 11.8 Å². The van der Waals surface area contributed by atoms with Gasteiger partial charge in [-0.2, -0.15) is 0 Å². The summed E-state index contributed by atoms with van der Waals surface area (Å²) in [7, 11) is 0. The Bertz CT molecular complexity index is 201. The number of nitrogens with zero attached hydrogens (tertiary/aromatic N) is 1. The zero-order valence-corrected chi connectivity index (χ0v) is 6.17. The molecule has 0 radical (unpaired) electrons. The quantitative estimate of drug-likeness (QED) is 0.561. The lowest BCUT2D eigenvalue weighted by atomic mass is 10.4. The maximum Gasteiger partial charge on any atom is 0.261 e. The van der Waals surface area contributed by atoms with E-state index in [0.717, 1.165) is 12.5 Å². The SMILES string of the molecule is C=CC(=O)NN1CCCC1=O. The number of amides is 2. The molecule has 1 aliphatic heterocycles. The molecule has 0 aromatic rings. The molecule has 1 rings (SSSR count). The second-order valence-electron chi connectivity index (χ2n) is 2.33. The summed E-state index contributed by atoms with van der Waals surface area (Å²) >= 11 is 0. The first-order chi connectivity index (χ1) is 5.24. The molecule has 1 N–H and O–H groups in total. The van der Waals surface area contributed by atoms with Gasteiger partial charge in [0.25, 0.3) is 5.91 Å². The van der Waals surface area contributed by atoms with Gasteiger partial charge in [0.15, 0.2) is 0 Å². The van der Waals surface area contributed by atoms with Crippen LogP contribution in [0.2, 0.25) is 0 Å². The standard InChI is InChI=1S/C7H10N2O2/c1-2-6(10)8-9-5-3-4-7(9)11/h2H,1,3-5H2,(H,8,10). The summed E-state index contributed by atoms with van der Waals surface area (Å²) in [6.07, 6.45) is 2.49. The minimum absolute atomic E-state index is 0.0276. The molecule has 0 spiro atoms. The Morgan fingerprint density at radius 3 is 2.91 bits per heavy atom. The molecule has 1 aliphatic rings. The molecule has 11 heavy (non-hydrogen) atoms. The average molecular weight is 154 g/mol. The topological polar surface area (TPSA) is 49.4 Å². The Morgan fingerprint density at radius 2 is 2.45 bits per heavy atom. The molecule has 0 aliphatic carbocycles. The predicted molar refractivity (Wildman–Crippen MR) is 39.3 cm³/mol.